The van der Waals surface area contributed by atoms with Crippen LogP contribution in [0.5, 0.6) is 0 Å². The third-order valence-corrected chi connectivity index (χ3v) is 19.3. The van der Waals surface area contributed by atoms with Crippen LogP contribution < -0.4 is 0 Å². The molecule has 0 aliphatic heterocycles. The zero-order valence-electron chi connectivity index (χ0n) is 61.8. The highest BCUT2D eigenvalue weighted by Crippen LogP contribution is 2.45. The Kier molecular flexibility index (Phi) is 69.1. The molecule has 0 aliphatic rings. The van der Waals surface area contributed by atoms with Crippen LogP contribution in [0.25, 0.3) is 0 Å². The lowest BCUT2D eigenvalue weighted by molar-refractivity contribution is -0.161. The number of carbonyl (C=O) groups is 4. The lowest BCUT2D eigenvalue weighted by Crippen LogP contribution is -2.30. The van der Waals surface area contributed by atoms with E-state index in [1.54, 1.807) is 0 Å². The third-order valence-electron chi connectivity index (χ3n) is 17.4. The largest absolute Gasteiger partial charge is 0.472 e. The highest BCUT2D eigenvalue weighted by molar-refractivity contribution is 7.47. The molecule has 3 N–H and O–H groups in total. The van der Waals surface area contributed by atoms with Gasteiger partial charge in [0.2, 0.25) is 0 Å². The molecule has 0 radical (unpaired) electrons. The highest BCUT2D eigenvalue weighted by Gasteiger charge is 2.30. The predicted octanol–water partition coefficient (Wildman–Crippen LogP) is 22.6. The molecule has 0 aromatic carbocycles. The smallest absolute Gasteiger partial charge is 0.462 e. The third kappa shape index (κ3) is 70.0. The molecule has 4 atom stereocenters. The van der Waals surface area contributed by atoms with Gasteiger partial charge < -0.3 is 33.8 Å². The van der Waals surface area contributed by atoms with Gasteiger partial charge in [0, 0.05) is 25.7 Å². The normalized spacial score (nSPS) is 14.0. The van der Waals surface area contributed by atoms with Crippen molar-refractivity contribution in [2.24, 2.45) is 0 Å². The van der Waals surface area contributed by atoms with Gasteiger partial charge in [0.1, 0.15) is 19.3 Å². The van der Waals surface area contributed by atoms with Crippen molar-refractivity contribution in [3.05, 3.63) is 24.3 Å². The van der Waals surface area contributed by atoms with Crippen LogP contribution in [0.2, 0.25) is 0 Å². The van der Waals surface area contributed by atoms with Crippen molar-refractivity contribution in [2.75, 3.05) is 39.6 Å². The van der Waals surface area contributed by atoms with Crippen LogP contribution >= 0.6 is 15.6 Å². The Balaban J connectivity index is 5.29. The topological polar surface area (TPSA) is 237 Å². The number of unbranched alkanes of at least 4 members (excludes halogenated alkanes) is 46. The van der Waals surface area contributed by atoms with Crippen LogP contribution in [-0.4, -0.2) is 96.7 Å². The highest BCUT2D eigenvalue weighted by atomic mass is 31.2. The molecule has 566 valence electrons. The number of hydrogen-bond acceptors (Lipinski definition) is 15. The summed E-state index contributed by atoms with van der Waals surface area (Å²) in [4.78, 5) is 72.9. The van der Waals surface area contributed by atoms with Gasteiger partial charge in [-0.25, -0.2) is 9.13 Å². The first-order valence-electron chi connectivity index (χ1n) is 39.6. The number of allylic oxidation sites excluding steroid dienone is 4. The number of esters is 4. The summed E-state index contributed by atoms with van der Waals surface area (Å²) in [7, 11) is -9.92. The maximum absolute atomic E-state index is 13.1. The Bertz CT molecular complexity index is 1790. The van der Waals surface area contributed by atoms with Gasteiger partial charge in [-0.05, 0) is 77.0 Å². The van der Waals surface area contributed by atoms with Crippen molar-refractivity contribution in [2.45, 2.75) is 406 Å². The molecule has 2 unspecified atom stereocenters. The second-order valence-electron chi connectivity index (χ2n) is 27.0. The van der Waals surface area contributed by atoms with Gasteiger partial charge in [-0.3, -0.25) is 37.3 Å². The second kappa shape index (κ2) is 71.0. The van der Waals surface area contributed by atoms with Gasteiger partial charge in [0.15, 0.2) is 12.2 Å². The van der Waals surface area contributed by atoms with Gasteiger partial charge in [-0.15, -0.1) is 0 Å². The van der Waals surface area contributed by atoms with E-state index in [1.165, 1.54) is 180 Å². The number of phosphoric ester groups is 2. The minimum Gasteiger partial charge on any atom is -0.462 e. The zero-order valence-corrected chi connectivity index (χ0v) is 63.6. The van der Waals surface area contributed by atoms with Crippen LogP contribution in [0.3, 0.4) is 0 Å². The van der Waals surface area contributed by atoms with Crippen LogP contribution in [0.15, 0.2) is 24.3 Å². The molecule has 17 nitrogen and oxygen atoms in total. The summed E-state index contributed by atoms with van der Waals surface area (Å²) in [6, 6.07) is 0. The standard InChI is InChI=1S/C77H146O17P2/c1-5-9-13-17-21-25-29-33-35-39-41-45-49-53-57-61-74(79)87-67-72(93-76(81)63-59-55-51-47-43-37-31-27-23-19-15-11-7-3)69-91-95(83,84)89-65-71(78)66-90-96(85,86)92-70-73(94-77(82)64-60-56-52-48-44-38-32-28-24-20-16-12-8-4)68-88-75(80)62-58-54-50-46-42-40-36-34-30-26-22-18-14-10-6-2/h33-36,71-73,78H,5-32,37-70H2,1-4H3,(H,83,84)(H,85,86)/b35-33-,36-34-/t72-,73-/m1/s1. The van der Waals surface area contributed by atoms with Gasteiger partial charge in [0.25, 0.3) is 0 Å². The predicted molar refractivity (Wildman–Crippen MR) is 391 cm³/mol. The average molecular weight is 1410 g/mol. The average Bonchev–Trinajstić information content (AvgIpc) is 1.14. The van der Waals surface area contributed by atoms with Crippen molar-refractivity contribution in [3.8, 4) is 0 Å². The molecule has 0 fully saturated rings. The number of ether oxygens (including phenoxy) is 4. The van der Waals surface area contributed by atoms with E-state index in [9.17, 15) is 43.2 Å². The minimum absolute atomic E-state index is 0.103. The number of aliphatic hydroxyl groups is 1. The summed E-state index contributed by atoms with van der Waals surface area (Å²) in [6.07, 6.45) is 64.4. The molecule has 96 heavy (non-hydrogen) atoms. The summed E-state index contributed by atoms with van der Waals surface area (Å²) in [5.74, 6) is -2.14. The molecule has 0 bridgehead atoms. The molecule has 0 amide bonds. The maximum Gasteiger partial charge on any atom is 0.472 e. The van der Waals surface area contributed by atoms with Gasteiger partial charge in [-0.2, -0.15) is 0 Å². The van der Waals surface area contributed by atoms with Crippen molar-refractivity contribution in [1.82, 2.24) is 0 Å². The maximum atomic E-state index is 13.1. The fourth-order valence-electron chi connectivity index (χ4n) is 11.3. The SMILES string of the molecule is CCCCCCCC/C=C\CCCCCCCC(=O)OC[C@H](COP(=O)(O)OCC(O)COP(=O)(O)OC[C@@H](COC(=O)CCCCCCC/C=C\CCCCCCCC)OC(=O)CCCCCCCCCCCCCCC)OC(=O)CCCCCCCCCCCCCCC. The Morgan fingerprint density at radius 1 is 0.281 bits per heavy atom. The summed E-state index contributed by atoms with van der Waals surface area (Å²) >= 11 is 0. The Morgan fingerprint density at radius 3 is 0.719 bits per heavy atom. The van der Waals surface area contributed by atoms with E-state index < -0.39 is 97.5 Å². The minimum atomic E-state index is -4.96. The second-order valence-corrected chi connectivity index (χ2v) is 29.9. The van der Waals surface area contributed by atoms with E-state index in [4.69, 9.17) is 37.0 Å². The molecule has 19 heteroatoms. The molecule has 0 rings (SSSR count). The molecule has 0 spiro atoms. The Labute approximate surface area is 586 Å². The summed E-state index contributed by atoms with van der Waals surface area (Å²) in [5.41, 5.74) is 0. The molecular formula is C77H146O17P2. The fourth-order valence-corrected chi connectivity index (χ4v) is 12.9. The molecule has 0 aliphatic carbocycles. The van der Waals surface area contributed by atoms with Crippen molar-refractivity contribution in [3.63, 3.8) is 0 Å². The molecule has 0 aromatic heterocycles. The van der Waals surface area contributed by atoms with Crippen LogP contribution in [0.4, 0.5) is 0 Å². The Hall–Kier alpha value is -2.46. The quantitative estimate of drug-likeness (QED) is 0.0169. The van der Waals surface area contributed by atoms with Crippen LogP contribution in [0.1, 0.15) is 387 Å². The molecule has 0 saturated heterocycles. The molecule has 0 aromatic rings. The van der Waals surface area contributed by atoms with E-state index in [2.05, 4.69) is 52.0 Å². The van der Waals surface area contributed by atoms with Crippen molar-refractivity contribution < 1.29 is 80.2 Å². The van der Waals surface area contributed by atoms with E-state index in [-0.39, 0.29) is 25.7 Å². The lowest BCUT2D eigenvalue weighted by Gasteiger charge is -2.21. The van der Waals surface area contributed by atoms with Crippen molar-refractivity contribution >= 4 is 39.5 Å². The number of aliphatic hydroxyl groups excluding tert-OH is 1. The number of rotatable bonds is 76. The van der Waals surface area contributed by atoms with Gasteiger partial charge >= 0.3 is 39.5 Å². The van der Waals surface area contributed by atoms with E-state index in [1.807, 2.05) is 0 Å². The summed E-state index contributed by atoms with van der Waals surface area (Å²) in [6.45, 7) is 4.94. The lowest BCUT2D eigenvalue weighted by atomic mass is 10.0. The number of hydrogen-bond donors (Lipinski definition) is 3. The van der Waals surface area contributed by atoms with E-state index >= 15 is 0 Å². The van der Waals surface area contributed by atoms with Gasteiger partial charge in [-0.1, -0.05) is 309 Å². The molecule has 0 saturated carbocycles. The first-order valence-corrected chi connectivity index (χ1v) is 42.6. The van der Waals surface area contributed by atoms with E-state index in [0.717, 1.165) is 128 Å². The zero-order chi connectivity index (χ0) is 70.4. The molecular weight excluding hydrogens is 1260 g/mol. The first kappa shape index (κ1) is 93.5. The fraction of sp³-hybridized carbons (Fsp3) is 0.896. The Morgan fingerprint density at radius 2 is 0.479 bits per heavy atom. The molecule has 0 heterocycles. The van der Waals surface area contributed by atoms with Crippen LogP contribution in [0, 0.1) is 0 Å². The van der Waals surface area contributed by atoms with Crippen LogP contribution in [-0.2, 0) is 65.4 Å². The van der Waals surface area contributed by atoms with Gasteiger partial charge in [0.05, 0.1) is 26.4 Å². The number of carbonyl (C=O) groups excluding carboxylic acids is 4. The monoisotopic (exact) mass is 1410 g/mol. The van der Waals surface area contributed by atoms with E-state index in [0.29, 0.717) is 25.7 Å². The van der Waals surface area contributed by atoms with Crippen molar-refractivity contribution in [1.29, 1.82) is 0 Å². The summed E-state index contributed by atoms with van der Waals surface area (Å²) in [5, 5.41) is 10.6. The first-order chi connectivity index (χ1) is 46.7. The number of phosphoric acid groups is 2. The summed E-state index contributed by atoms with van der Waals surface area (Å²) < 4.78 is 68.5.